The standard InChI is InChI=1S/C13H17N/c1-8-4-12-10-3-2-9(5-10)6-11(12)7-13(8)14/h4,7,9-10H,2-3,5-6,14H2,1H3. The Kier molecular flexibility index (Phi) is 1.64. The molecule has 0 saturated heterocycles. The molecule has 2 atom stereocenters. The summed E-state index contributed by atoms with van der Waals surface area (Å²) in [7, 11) is 0. The van der Waals surface area contributed by atoms with Crippen LogP contribution in [-0.2, 0) is 6.42 Å². The summed E-state index contributed by atoms with van der Waals surface area (Å²) in [5.74, 6) is 1.80. The Balaban J connectivity index is 2.14. The first-order valence-corrected chi connectivity index (χ1v) is 5.63. The third kappa shape index (κ3) is 1.08. The van der Waals surface area contributed by atoms with Crippen molar-refractivity contribution in [3.05, 3.63) is 28.8 Å². The monoisotopic (exact) mass is 187 g/mol. The molecule has 2 aliphatic carbocycles. The molecule has 1 nitrogen and oxygen atoms in total. The number of fused-ring (bicyclic) bond motifs is 4. The summed E-state index contributed by atoms with van der Waals surface area (Å²) in [6.45, 7) is 2.12. The van der Waals surface area contributed by atoms with Gasteiger partial charge in [-0.25, -0.2) is 0 Å². The maximum atomic E-state index is 5.96. The Hall–Kier alpha value is -0.980. The van der Waals surface area contributed by atoms with Gasteiger partial charge in [-0.1, -0.05) is 6.07 Å². The molecular weight excluding hydrogens is 170 g/mol. The van der Waals surface area contributed by atoms with Crippen LogP contribution in [0.3, 0.4) is 0 Å². The lowest BCUT2D eigenvalue weighted by Crippen LogP contribution is -2.11. The highest BCUT2D eigenvalue weighted by Gasteiger charge is 2.32. The van der Waals surface area contributed by atoms with E-state index in [-0.39, 0.29) is 0 Å². The van der Waals surface area contributed by atoms with Crippen LogP contribution in [0, 0.1) is 12.8 Å². The van der Waals surface area contributed by atoms with Gasteiger partial charge in [0, 0.05) is 5.69 Å². The van der Waals surface area contributed by atoms with Crippen molar-refractivity contribution in [3.8, 4) is 0 Å². The van der Waals surface area contributed by atoms with Crippen molar-refractivity contribution in [2.45, 2.75) is 38.5 Å². The van der Waals surface area contributed by atoms with Crippen LogP contribution in [-0.4, -0.2) is 0 Å². The van der Waals surface area contributed by atoms with Gasteiger partial charge in [0.25, 0.3) is 0 Å². The minimum Gasteiger partial charge on any atom is -0.399 e. The van der Waals surface area contributed by atoms with Crippen molar-refractivity contribution in [1.29, 1.82) is 0 Å². The predicted molar refractivity (Wildman–Crippen MR) is 59.4 cm³/mol. The summed E-state index contributed by atoms with van der Waals surface area (Å²) in [4.78, 5) is 0. The van der Waals surface area contributed by atoms with Gasteiger partial charge in [-0.05, 0) is 67.2 Å². The van der Waals surface area contributed by atoms with Crippen LogP contribution in [0.2, 0.25) is 0 Å². The van der Waals surface area contributed by atoms with Gasteiger partial charge in [0.2, 0.25) is 0 Å². The van der Waals surface area contributed by atoms with Crippen molar-refractivity contribution in [1.82, 2.24) is 0 Å². The minimum absolute atomic E-state index is 0.850. The molecule has 0 heterocycles. The molecule has 2 unspecified atom stereocenters. The molecular formula is C13H17N. The van der Waals surface area contributed by atoms with E-state index < -0.39 is 0 Å². The molecule has 1 aromatic rings. The highest BCUT2D eigenvalue weighted by molar-refractivity contribution is 5.53. The molecule has 0 radical (unpaired) electrons. The molecule has 2 bridgehead atoms. The molecule has 2 N–H and O–H groups in total. The van der Waals surface area contributed by atoms with E-state index in [1.807, 2.05) is 0 Å². The average molecular weight is 187 g/mol. The van der Waals surface area contributed by atoms with Crippen LogP contribution in [0.25, 0.3) is 0 Å². The van der Waals surface area contributed by atoms with Gasteiger partial charge in [-0.3, -0.25) is 0 Å². The molecule has 2 aliphatic rings. The lowest BCUT2D eigenvalue weighted by Gasteiger charge is -2.24. The van der Waals surface area contributed by atoms with Gasteiger partial charge < -0.3 is 5.73 Å². The van der Waals surface area contributed by atoms with Crippen LogP contribution in [0.4, 0.5) is 5.69 Å². The van der Waals surface area contributed by atoms with Gasteiger partial charge in [0.05, 0.1) is 0 Å². The predicted octanol–water partition coefficient (Wildman–Crippen LogP) is 3.02. The number of hydrogen-bond acceptors (Lipinski definition) is 1. The van der Waals surface area contributed by atoms with E-state index in [1.54, 1.807) is 5.56 Å². The van der Waals surface area contributed by atoms with Crippen LogP contribution < -0.4 is 5.73 Å². The van der Waals surface area contributed by atoms with Crippen LogP contribution >= 0.6 is 0 Å². The smallest absolute Gasteiger partial charge is 0.0346 e. The molecule has 0 amide bonds. The van der Waals surface area contributed by atoms with Crippen molar-refractivity contribution in [3.63, 3.8) is 0 Å². The quantitative estimate of drug-likeness (QED) is 0.621. The topological polar surface area (TPSA) is 26.0 Å². The Morgan fingerprint density at radius 2 is 2.14 bits per heavy atom. The number of nitrogen functional groups attached to an aromatic ring is 1. The van der Waals surface area contributed by atoms with Crippen LogP contribution in [0.15, 0.2) is 12.1 Å². The summed E-state index contributed by atoms with van der Waals surface area (Å²) < 4.78 is 0. The van der Waals surface area contributed by atoms with Gasteiger partial charge in [-0.2, -0.15) is 0 Å². The molecule has 1 fully saturated rings. The summed E-state index contributed by atoms with van der Waals surface area (Å²) in [6, 6.07) is 4.55. The van der Waals surface area contributed by atoms with Crippen molar-refractivity contribution < 1.29 is 0 Å². The fourth-order valence-electron chi connectivity index (χ4n) is 3.20. The third-order valence-electron chi connectivity index (χ3n) is 4.02. The van der Waals surface area contributed by atoms with E-state index in [4.69, 9.17) is 5.73 Å². The number of nitrogens with two attached hydrogens (primary N) is 1. The minimum atomic E-state index is 0.850. The Labute approximate surface area is 85.3 Å². The largest absolute Gasteiger partial charge is 0.399 e. The first-order chi connectivity index (χ1) is 6.74. The lowest BCUT2D eigenvalue weighted by molar-refractivity contribution is 0.510. The van der Waals surface area contributed by atoms with Gasteiger partial charge in [-0.15, -0.1) is 0 Å². The van der Waals surface area contributed by atoms with Crippen molar-refractivity contribution in [2.24, 2.45) is 5.92 Å². The highest BCUT2D eigenvalue weighted by atomic mass is 14.6. The van der Waals surface area contributed by atoms with Gasteiger partial charge >= 0.3 is 0 Å². The lowest BCUT2D eigenvalue weighted by atomic mass is 9.82. The zero-order valence-electron chi connectivity index (χ0n) is 8.72. The van der Waals surface area contributed by atoms with E-state index in [2.05, 4.69) is 19.1 Å². The molecule has 0 spiro atoms. The van der Waals surface area contributed by atoms with E-state index >= 15 is 0 Å². The first-order valence-electron chi connectivity index (χ1n) is 5.63. The maximum absolute atomic E-state index is 5.96. The molecule has 1 heteroatoms. The number of benzene rings is 1. The van der Waals surface area contributed by atoms with Crippen molar-refractivity contribution >= 4 is 5.69 Å². The molecule has 74 valence electrons. The zero-order valence-corrected chi connectivity index (χ0v) is 8.72. The second-order valence-electron chi connectivity index (χ2n) is 4.99. The number of anilines is 1. The summed E-state index contributed by atoms with van der Waals surface area (Å²) >= 11 is 0. The normalized spacial score (nSPS) is 28.9. The Bertz CT molecular complexity index is 381. The second kappa shape index (κ2) is 2.75. The number of aryl methyl sites for hydroxylation is 1. The van der Waals surface area contributed by atoms with Gasteiger partial charge in [0.1, 0.15) is 0 Å². The molecule has 14 heavy (non-hydrogen) atoms. The van der Waals surface area contributed by atoms with Gasteiger partial charge in [0.15, 0.2) is 0 Å². The molecule has 0 aromatic heterocycles. The first kappa shape index (κ1) is 8.34. The molecule has 1 aromatic carbocycles. The van der Waals surface area contributed by atoms with Crippen LogP contribution in [0.1, 0.15) is 41.9 Å². The maximum Gasteiger partial charge on any atom is 0.0346 e. The third-order valence-corrected chi connectivity index (χ3v) is 4.02. The van der Waals surface area contributed by atoms with Crippen molar-refractivity contribution in [2.75, 3.05) is 5.73 Å². The number of hydrogen-bond donors (Lipinski definition) is 1. The van der Waals surface area contributed by atoms with E-state index in [0.29, 0.717) is 0 Å². The average Bonchev–Trinajstić information content (AvgIpc) is 2.54. The number of rotatable bonds is 0. The molecule has 1 saturated carbocycles. The zero-order chi connectivity index (χ0) is 9.71. The van der Waals surface area contributed by atoms with E-state index in [1.165, 1.54) is 36.8 Å². The van der Waals surface area contributed by atoms with E-state index in [9.17, 15) is 0 Å². The molecule has 0 aliphatic heterocycles. The second-order valence-corrected chi connectivity index (χ2v) is 4.99. The fraction of sp³-hybridized carbons (Fsp3) is 0.538. The fourth-order valence-corrected chi connectivity index (χ4v) is 3.20. The summed E-state index contributed by atoms with van der Waals surface area (Å²) in [5, 5.41) is 0. The van der Waals surface area contributed by atoms with Crippen LogP contribution in [0.5, 0.6) is 0 Å². The highest BCUT2D eigenvalue weighted by Crippen LogP contribution is 2.46. The SMILES string of the molecule is Cc1cc2c(cc1N)CC1CCC2C1. The summed E-state index contributed by atoms with van der Waals surface area (Å²) in [5.41, 5.74) is 11.3. The Morgan fingerprint density at radius 1 is 1.29 bits per heavy atom. The Morgan fingerprint density at radius 3 is 3.00 bits per heavy atom. The van der Waals surface area contributed by atoms with E-state index in [0.717, 1.165) is 17.5 Å². The molecule has 3 rings (SSSR count). The summed E-state index contributed by atoms with van der Waals surface area (Å²) in [6.07, 6.45) is 5.53.